The van der Waals surface area contributed by atoms with Crippen LogP contribution in [0.1, 0.15) is 16.1 Å². The predicted octanol–water partition coefficient (Wildman–Crippen LogP) is 2.18. The molecule has 0 saturated carbocycles. The lowest BCUT2D eigenvalue weighted by Gasteiger charge is -2.10. The van der Waals surface area contributed by atoms with Crippen molar-refractivity contribution in [3.8, 4) is 11.1 Å². The molecule has 24 heavy (non-hydrogen) atoms. The maximum atomic E-state index is 12.5. The molecule has 0 aliphatic carbocycles. The third-order valence-electron chi connectivity index (χ3n) is 3.38. The van der Waals surface area contributed by atoms with Crippen LogP contribution >= 0.6 is 0 Å². The molecule has 1 amide bonds. The number of pyridine rings is 2. The van der Waals surface area contributed by atoms with Crippen molar-refractivity contribution in [2.24, 2.45) is 0 Å². The average molecular weight is 322 g/mol. The molecular formula is C17H18N6O. The van der Waals surface area contributed by atoms with E-state index in [1.54, 1.807) is 36.9 Å². The van der Waals surface area contributed by atoms with Gasteiger partial charge in [-0.3, -0.25) is 19.9 Å². The summed E-state index contributed by atoms with van der Waals surface area (Å²) in [5.41, 5.74) is 3.57. The molecule has 0 aliphatic heterocycles. The fourth-order valence-corrected chi connectivity index (χ4v) is 2.40. The van der Waals surface area contributed by atoms with Gasteiger partial charge in [-0.15, -0.1) is 0 Å². The van der Waals surface area contributed by atoms with E-state index in [1.165, 1.54) is 0 Å². The number of rotatable bonds is 5. The van der Waals surface area contributed by atoms with Gasteiger partial charge in [-0.1, -0.05) is 0 Å². The standard InChI is InChI=1S/C17H18N6O/c1-23(2)11-12-6-13(8-19-7-12)15-10-20-22-16(15)17(24)21-14-4-3-5-18-9-14/h3-10H,11H2,1-2H3,(H,20,22)(H,21,24). The van der Waals surface area contributed by atoms with E-state index in [0.29, 0.717) is 16.9 Å². The summed E-state index contributed by atoms with van der Waals surface area (Å²) in [5, 5.41) is 9.63. The minimum absolute atomic E-state index is 0.294. The third-order valence-corrected chi connectivity index (χ3v) is 3.38. The Labute approximate surface area is 139 Å². The fraction of sp³-hybridized carbons (Fsp3) is 0.176. The minimum atomic E-state index is -0.294. The van der Waals surface area contributed by atoms with Crippen molar-refractivity contribution in [2.75, 3.05) is 19.4 Å². The molecule has 3 aromatic heterocycles. The highest BCUT2D eigenvalue weighted by Gasteiger charge is 2.17. The van der Waals surface area contributed by atoms with Gasteiger partial charge in [0.2, 0.25) is 0 Å². The van der Waals surface area contributed by atoms with Crippen molar-refractivity contribution in [2.45, 2.75) is 6.54 Å². The molecule has 7 heteroatoms. The summed E-state index contributed by atoms with van der Waals surface area (Å²) in [6.45, 7) is 0.774. The summed E-state index contributed by atoms with van der Waals surface area (Å²) >= 11 is 0. The maximum absolute atomic E-state index is 12.5. The van der Waals surface area contributed by atoms with E-state index in [4.69, 9.17) is 0 Å². The van der Waals surface area contributed by atoms with Crippen LogP contribution < -0.4 is 5.32 Å². The monoisotopic (exact) mass is 322 g/mol. The smallest absolute Gasteiger partial charge is 0.276 e. The second-order valence-electron chi connectivity index (χ2n) is 5.66. The van der Waals surface area contributed by atoms with Crippen molar-refractivity contribution in [3.05, 3.63) is 60.4 Å². The van der Waals surface area contributed by atoms with Crippen LogP contribution in [0.15, 0.2) is 49.2 Å². The van der Waals surface area contributed by atoms with Crippen LogP contribution in [0.2, 0.25) is 0 Å². The van der Waals surface area contributed by atoms with Gasteiger partial charge < -0.3 is 10.2 Å². The molecule has 0 bridgehead atoms. The Bertz CT molecular complexity index is 828. The molecule has 0 aromatic carbocycles. The third kappa shape index (κ3) is 3.64. The second kappa shape index (κ2) is 7.01. The van der Waals surface area contributed by atoms with Gasteiger partial charge in [-0.2, -0.15) is 5.10 Å². The summed E-state index contributed by atoms with van der Waals surface area (Å²) in [6.07, 6.45) is 8.49. The van der Waals surface area contributed by atoms with Crippen LogP contribution in [0, 0.1) is 0 Å². The lowest BCUT2D eigenvalue weighted by Crippen LogP contribution is -2.14. The predicted molar refractivity (Wildman–Crippen MR) is 91.4 cm³/mol. The average Bonchev–Trinajstić information content (AvgIpc) is 3.05. The van der Waals surface area contributed by atoms with Crippen LogP contribution in [0.25, 0.3) is 11.1 Å². The number of aromatic amines is 1. The first-order valence-corrected chi connectivity index (χ1v) is 7.47. The molecule has 0 atom stereocenters. The molecule has 7 nitrogen and oxygen atoms in total. The van der Waals surface area contributed by atoms with Gasteiger partial charge in [0.1, 0.15) is 0 Å². The van der Waals surface area contributed by atoms with Crippen molar-refractivity contribution in [1.82, 2.24) is 25.1 Å². The lowest BCUT2D eigenvalue weighted by molar-refractivity contribution is 0.102. The SMILES string of the molecule is CN(C)Cc1cncc(-c2c[nH]nc2C(=O)Nc2cccnc2)c1. The fourth-order valence-electron chi connectivity index (χ4n) is 2.40. The molecule has 0 fully saturated rings. The summed E-state index contributed by atoms with van der Waals surface area (Å²) in [4.78, 5) is 22.8. The highest BCUT2D eigenvalue weighted by Crippen LogP contribution is 2.23. The van der Waals surface area contributed by atoms with Gasteiger partial charge in [0.05, 0.1) is 11.9 Å². The van der Waals surface area contributed by atoms with Crippen LogP contribution in [0.3, 0.4) is 0 Å². The highest BCUT2D eigenvalue weighted by molar-refractivity contribution is 6.07. The first-order chi connectivity index (χ1) is 11.6. The van der Waals surface area contributed by atoms with Gasteiger partial charge in [-0.05, 0) is 37.9 Å². The Morgan fingerprint density at radius 1 is 1.25 bits per heavy atom. The normalized spacial score (nSPS) is 10.8. The summed E-state index contributed by atoms with van der Waals surface area (Å²) in [7, 11) is 3.99. The number of carbonyl (C=O) groups is 1. The van der Waals surface area contributed by atoms with E-state index < -0.39 is 0 Å². The van der Waals surface area contributed by atoms with Gasteiger partial charge in [0, 0.05) is 42.5 Å². The number of hydrogen-bond acceptors (Lipinski definition) is 5. The minimum Gasteiger partial charge on any atom is -0.319 e. The van der Waals surface area contributed by atoms with E-state index in [-0.39, 0.29) is 5.91 Å². The molecule has 2 N–H and O–H groups in total. The van der Waals surface area contributed by atoms with Crippen molar-refractivity contribution in [3.63, 3.8) is 0 Å². The first-order valence-electron chi connectivity index (χ1n) is 7.47. The molecule has 122 valence electrons. The highest BCUT2D eigenvalue weighted by atomic mass is 16.1. The van der Waals surface area contributed by atoms with Gasteiger partial charge in [-0.25, -0.2) is 0 Å². The molecule has 0 unspecified atom stereocenters. The first kappa shape index (κ1) is 15.8. The second-order valence-corrected chi connectivity index (χ2v) is 5.66. The van der Waals surface area contributed by atoms with E-state index in [2.05, 4.69) is 30.4 Å². The number of nitrogens with one attached hydrogen (secondary N) is 2. The summed E-state index contributed by atoms with van der Waals surface area (Å²) in [5.74, 6) is -0.294. The zero-order valence-electron chi connectivity index (χ0n) is 13.5. The molecular weight excluding hydrogens is 304 g/mol. The largest absolute Gasteiger partial charge is 0.319 e. The van der Waals surface area contributed by atoms with Crippen LogP contribution in [-0.2, 0) is 6.54 Å². The number of amides is 1. The number of carbonyl (C=O) groups excluding carboxylic acids is 1. The van der Waals surface area contributed by atoms with Crippen molar-refractivity contribution >= 4 is 11.6 Å². The Morgan fingerprint density at radius 3 is 2.88 bits per heavy atom. The number of hydrogen-bond donors (Lipinski definition) is 2. The number of aromatic nitrogens is 4. The van der Waals surface area contributed by atoms with Crippen molar-refractivity contribution in [1.29, 1.82) is 0 Å². The summed E-state index contributed by atoms with van der Waals surface area (Å²) in [6, 6.07) is 5.55. The number of nitrogens with zero attached hydrogens (tertiary/aromatic N) is 4. The molecule has 0 spiro atoms. The van der Waals surface area contributed by atoms with E-state index in [0.717, 1.165) is 17.7 Å². The number of H-pyrrole nitrogens is 1. The van der Waals surface area contributed by atoms with Crippen LogP contribution in [-0.4, -0.2) is 45.1 Å². The maximum Gasteiger partial charge on any atom is 0.276 e. The molecule has 3 aromatic rings. The van der Waals surface area contributed by atoms with Gasteiger partial charge >= 0.3 is 0 Å². The molecule has 0 aliphatic rings. The van der Waals surface area contributed by atoms with Gasteiger partial charge in [0.25, 0.3) is 5.91 Å². The molecule has 3 rings (SSSR count). The van der Waals surface area contributed by atoms with E-state index in [9.17, 15) is 4.79 Å². The molecule has 3 heterocycles. The van der Waals surface area contributed by atoms with E-state index >= 15 is 0 Å². The van der Waals surface area contributed by atoms with Crippen LogP contribution in [0.5, 0.6) is 0 Å². The molecule has 0 radical (unpaired) electrons. The Kier molecular flexibility index (Phi) is 4.62. The topological polar surface area (TPSA) is 86.8 Å². The van der Waals surface area contributed by atoms with Crippen LogP contribution in [0.4, 0.5) is 5.69 Å². The van der Waals surface area contributed by atoms with Crippen molar-refractivity contribution < 1.29 is 4.79 Å². The Morgan fingerprint density at radius 2 is 2.12 bits per heavy atom. The zero-order chi connectivity index (χ0) is 16.9. The number of anilines is 1. The quantitative estimate of drug-likeness (QED) is 0.752. The Balaban J connectivity index is 1.86. The molecule has 0 saturated heterocycles. The lowest BCUT2D eigenvalue weighted by atomic mass is 10.1. The zero-order valence-corrected chi connectivity index (χ0v) is 13.5. The van der Waals surface area contributed by atoms with E-state index in [1.807, 2.05) is 26.4 Å². The summed E-state index contributed by atoms with van der Waals surface area (Å²) < 4.78 is 0. The van der Waals surface area contributed by atoms with Gasteiger partial charge in [0.15, 0.2) is 5.69 Å². The Hall–Kier alpha value is -3.06.